The molecule has 1 aromatic rings. The van der Waals surface area contributed by atoms with E-state index in [0.717, 1.165) is 11.5 Å². The summed E-state index contributed by atoms with van der Waals surface area (Å²) in [7, 11) is 1.78. The molecule has 1 unspecified atom stereocenters. The second kappa shape index (κ2) is 9.23. The molecule has 0 bridgehead atoms. The third-order valence-electron chi connectivity index (χ3n) is 3.33. The molecule has 0 aromatic heterocycles. The Morgan fingerprint density at radius 1 is 1.24 bits per heavy atom. The van der Waals surface area contributed by atoms with Crippen molar-refractivity contribution in [1.29, 1.82) is 0 Å². The Balaban J connectivity index is 2.26. The van der Waals surface area contributed by atoms with Crippen molar-refractivity contribution < 1.29 is 14.3 Å². The van der Waals surface area contributed by atoms with Gasteiger partial charge in [0, 0.05) is 26.1 Å². The van der Waals surface area contributed by atoms with E-state index in [4.69, 9.17) is 15.2 Å². The van der Waals surface area contributed by atoms with E-state index < -0.39 is 0 Å². The van der Waals surface area contributed by atoms with Crippen molar-refractivity contribution in [2.45, 2.75) is 32.7 Å². The number of rotatable bonds is 9. The lowest BCUT2D eigenvalue weighted by Gasteiger charge is -2.23. The molecule has 0 heterocycles. The minimum Gasteiger partial charge on any atom is -0.494 e. The van der Waals surface area contributed by atoms with Gasteiger partial charge in [-0.05, 0) is 44.5 Å². The van der Waals surface area contributed by atoms with Crippen molar-refractivity contribution in [3.63, 3.8) is 0 Å². The molecule has 2 N–H and O–H groups in total. The topological polar surface area (TPSA) is 64.8 Å². The van der Waals surface area contributed by atoms with Crippen LogP contribution < -0.4 is 15.2 Å². The molecular weight excluding hydrogens is 268 g/mol. The van der Waals surface area contributed by atoms with Crippen LogP contribution in [0.1, 0.15) is 26.7 Å². The quantitative estimate of drug-likeness (QED) is 0.708. The van der Waals surface area contributed by atoms with Crippen LogP contribution in [-0.2, 0) is 4.79 Å². The maximum absolute atomic E-state index is 11.9. The number of hydrogen-bond donors (Lipinski definition) is 1. The molecule has 1 aromatic carbocycles. The van der Waals surface area contributed by atoms with E-state index in [-0.39, 0.29) is 11.9 Å². The highest BCUT2D eigenvalue weighted by atomic mass is 16.5. The van der Waals surface area contributed by atoms with Gasteiger partial charge in [0.25, 0.3) is 0 Å². The fourth-order valence-corrected chi connectivity index (χ4v) is 1.79. The van der Waals surface area contributed by atoms with Gasteiger partial charge in [0.2, 0.25) is 5.91 Å². The summed E-state index contributed by atoms with van der Waals surface area (Å²) in [5.41, 5.74) is 5.55. The summed E-state index contributed by atoms with van der Waals surface area (Å²) < 4.78 is 11.0. The second-order valence-corrected chi connectivity index (χ2v) is 4.95. The Morgan fingerprint density at radius 2 is 1.81 bits per heavy atom. The van der Waals surface area contributed by atoms with Gasteiger partial charge in [-0.2, -0.15) is 0 Å². The standard InChI is InChI=1S/C16H26N2O3/c1-4-20-14-7-9-15(10-8-14)21-11-5-6-16(19)18(3)13(2)12-17/h7-10,13H,4-6,11-12,17H2,1-3H3. The normalized spacial score (nSPS) is 11.8. The summed E-state index contributed by atoms with van der Waals surface area (Å²) in [6.45, 7) is 5.53. The summed E-state index contributed by atoms with van der Waals surface area (Å²) in [5, 5.41) is 0. The Hall–Kier alpha value is -1.75. The average molecular weight is 294 g/mol. The Kier molecular flexibility index (Phi) is 7.61. The monoisotopic (exact) mass is 294 g/mol. The number of carbonyl (C=O) groups excluding carboxylic acids is 1. The van der Waals surface area contributed by atoms with Gasteiger partial charge in [-0.3, -0.25) is 4.79 Å². The van der Waals surface area contributed by atoms with Crippen LogP contribution >= 0.6 is 0 Å². The maximum Gasteiger partial charge on any atom is 0.222 e. The molecule has 1 atom stereocenters. The van der Waals surface area contributed by atoms with Crippen LogP contribution in [0.15, 0.2) is 24.3 Å². The Labute approximate surface area is 127 Å². The van der Waals surface area contributed by atoms with E-state index in [9.17, 15) is 4.79 Å². The van der Waals surface area contributed by atoms with Gasteiger partial charge in [-0.1, -0.05) is 0 Å². The summed E-state index contributed by atoms with van der Waals surface area (Å²) in [6.07, 6.45) is 1.16. The summed E-state index contributed by atoms with van der Waals surface area (Å²) in [5.74, 6) is 1.72. The highest BCUT2D eigenvalue weighted by Gasteiger charge is 2.13. The minimum atomic E-state index is 0.0736. The minimum absolute atomic E-state index is 0.0736. The Bertz CT molecular complexity index is 420. The van der Waals surface area contributed by atoms with Crippen LogP contribution in [0.25, 0.3) is 0 Å². The first-order valence-electron chi connectivity index (χ1n) is 7.39. The van der Waals surface area contributed by atoms with Gasteiger partial charge < -0.3 is 20.1 Å². The average Bonchev–Trinajstić information content (AvgIpc) is 2.51. The highest BCUT2D eigenvalue weighted by Crippen LogP contribution is 2.17. The lowest BCUT2D eigenvalue weighted by Crippen LogP contribution is -2.39. The number of carbonyl (C=O) groups is 1. The van der Waals surface area contributed by atoms with Crippen LogP contribution in [-0.4, -0.2) is 43.7 Å². The van der Waals surface area contributed by atoms with Gasteiger partial charge in [0.15, 0.2) is 0 Å². The second-order valence-electron chi connectivity index (χ2n) is 4.95. The zero-order chi connectivity index (χ0) is 15.7. The summed E-state index contributed by atoms with van der Waals surface area (Å²) in [4.78, 5) is 13.6. The zero-order valence-corrected chi connectivity index (χ0v) is 13.2. The van der Waals surface area contributed by atoms with Crippen molar-refractivity contribution >= 4 is 5.91 Å². The number of nitrogens with zero attached hydrogens (tertiary/aromatic N) is 1. The maximum atomic E-state index is 11.9. The number of likely N-dealkylation sites (N-methyl/N-ethyl adjacent to an activating group) is 1. The molecular formula is C16H26N2O3. The van der Waals surface area contributed by atoms with Gasteiger partial charge >= 0.3 is 0 Å². The smallest absolute Gasteiger partial charge is 0.222 e. The molecule has 0 spiro atoms. The molecule has 1 amide bonds. The van der Waals surface area contributed by atoms with E-state index in [1.807, 2.05) is 38.1 Å². The van der Waals surface area contributed by atoms with Crippen molar-refractivity contribution in [2.75, 3.05) is 26.8 Å². The number of ether oxygens (including phenoxy) is 2. The first kappa shape index (κ1) is 17.3. The Morgan fingerprint density at radius 3 is 2.33 bits per heavy atom. The van der Waals surface area contributed by atoms with Crippen LogP contribution in [0.4, 0.5) is 0 Å². The highest BCUT2D eigenvalue weighted by molar-refractivity contribution is 5.76. The van der Waals surface area contributed by atoms with E-state index in [2.05, 4.69) is 0 Å². The third kappa shape index (κ3) is 6.04. The van der Waals surface area contributed by atoms with Crippen LogP contribution in [0, 0.1) is 0 Å². The van der Waals surface area contributed by atoms with Gasteiger partial charge in [0.1, 0.15) is 11.5 Å². The molecule has 0 aliphatic carbocycles. The predicted octanol–water partition coefficient (Wildman–Crippen LogP) is 2.05. The molecule has 0 saturated heterocycles. The van der Waals surface area contributed by atoms with Crippen molar-refractivity contribution in [2.24, 2.45) is 5.73 Å². The number of benzene rings is 1. The lowest BCUT2D eigenvalue weighted by molar-refractivity contribution is -0.131. The predicted molar refractivity (Wildman–Crippen MR) is 83.6 cm³/mol. The van der Waals surface area contributed by atoms with Crippen molar-refractivity contribution in [1.82, 2.24) is 4.90 Å². The first-order chi connectivity index (χ1) is 10.1. The summed E-state index contributed by atoms with van der Waals surface area (Å²) in [6, 6.07) is 7.57. The number of hydrogen-bond acceptors (Lipinski definition) is 4. The molecule has 0 aliphatic heterocycles. The fraction of sp³-hybridized carbons (Fsp3) is 0.562. The molecule has 0 radical (unpaired) electrons. The molecule has 0 aliphatic rings. The lowest BCUT2D eigenvalue weighted by atomic mass is 10.2. The SMILES string of the molecule is CCOc1ccc(OCCCC(=O)N(C)C(C)CN)cc1. The van der Waals surface area contributed by atoms with E-state index >= 15 is 0 Å². The fourth-order valence-electron chi connectivity index (χ4n) is 1.79. The van der Waals surface area contributed by atoms with Crippen LogP contribution in [0.3, 0.4) is 0 Å². The summed E-state index contributed by atoms with van der Waals surface area (Å²) >= 11 is 0. The van der Waals surface area contributed by atoms with Gasteiger partial charge in [-0.15, -0.1) is 0 Å². The van der Waals surface area contributed by atoms with Crippen LogP contribution in [0.5, 0.6) is 11.5 Å². The molecule has 5 heteroatoms. The molecule has 0 fully saturated rings. The molecule has 0 saturated carbocycles. The van der Waals surface area contributed by atoms with Gasteiger partial charge in [0.05, 0.1) is 13.2 Å². The molecule has 5 nitrogen and oxygen atoms in total. The molecule has 118 valence electrons. The van der Waals surface area contributed by atoms with Crippen molar-refractivity contribution in [3.05, 3.63) is 24.3 Å². The first-order valence-corrected chi connectivity index (χ1v) is 7.39. The number of nitrogens with two attached hydrogens (primary N) is 1. The van der Waals surface area contributed by atoms with Crippen LogP contribution in [0.2, 0.25) is 0 Å². The van der Waals surface area contributed by atoms with E-state index in [0.29, 0.717) is 32.6 Å². The zero-order valence-electron chi connectivity index (χ0n) is 13.2. The van der Waals surface area contributed by atoms with Crippen molar-refractivity contribution in [3.8, 4) is 11.5 Å². The third-order valence-corrected chi connectivity index (χ3v) is 3.33. The van der Waals surface area contributed by atoms with Gasteiger partial charge in [-0.25, -0.2) is 0 Å². The number of amides is 1. The largest absolute Gasteiger partial charge is 0.494 e. The molecule has 1 rings (SSSR count). The van der Waals surface area contributed by atoms with E-state index in [1.165, 1.54) is 0 Å². The molecule has 21 heavy (non-hydrogen) atoms. The van der Waals surface area contributed by atoms with E-state index in [1.54, 1.807) is 11.9 Å².